The quantitative estimate of drug-likeness (QED) is 0.555. The first-order valence-corrected chi connectivity index (χ1v) is 6.48. The van der Waals surface area contributed by atoms with Crippen molar-refractivity contribution in [3.05, 3.63) is 32.7 Å². The molecule has 1 rings (SSSR count). The van der Waals surface area contributed by atoms with Crippen molar-refractivity contribution in [1.29, 1.82) is 0 Å². The molecule has 1 heterocycles. The Morgan fingerprint density at radius 2 is 1.85 bits per heavy atom. The van der Waals surface area contributed by atoms with Gasteiger partial charge in [0.05, 0.1) is 0 Å². The number of hydrogen-bond acceptors (Lipinski definition) is 1. The molecule has 13 heavy (non-hydrogen) atoms. The summed E-state index contributed by atoms with van der Waals surface area (Å²) in [5.41, 5.74) is 3.35. The van der Waals surface area contributed by atoms with Crippen LogP contribution in [-0.2, 0) is 0 Å². The fourth-order valence-corrected chi connectivity index (χ4v) is 3.69. The Morgan fingerprint density at radius 1 is 1.31 bits per heavy atom. The van der Waals surface area contributed by atoms with E-state index in [0.717, 1.165) is 19.6 Å². The normalized spacial score (nSPS) is 25.4. The van der Waals surface area contributed by atoms with Crippen molar-refractivity contribution in [2.24, 2.45) is 0 Å². The van der Waals surface area contributed by atoms with Gasteiger partial charge in [-0.3, -0.25) is 0 Å². The zero-order valence-electron chi connectivity index (χ0n) is 7.17. The molecule has 4 heteroatoms. The summed E-state index contributed by atoms with van der Waals surface area (Å²) >= 11 is 11.7. The summed E-state index contributed by atoms with van der Waals surface area (Å²) in [5, 5.41) is 0. The minimum absolute atomic E-state index is 0.348. The standard InChI is InChI=1S/C9H11Cl2NSe/c1-2-3-12-6-8(4-10)13-9(5-11)7-12/h2,4-5H,1,3,6-7H2/b8-4+,9-5+. The molecule has 1 fully saturated rings. The van der Waals surface area contributed by atoms with Crippen molar-refractivity contribution in [3.8, 4) is 0 Å². The summed E-state index contributed by atoms with van der Waals surface area (Å²) in [4.78, 5) is 2.26. The predicted octanol–water partition coefficient (Wildman–Crippen LogP) is 2.35. The van der Waals surface area contributed by atoms with E-state index in [0.29, 0.717) is 15.0 Å². The molecule has 0 spiro atoms. The van der Waals surface area contributed by atoms with E-state index in [2.05, 4.69) is 11.5 Å². The van der Waals surface area contributed by atoms with Crippen LogP contribution in [0.25, 0.3) is 0 Å². The Hall–Kier alpha value is 0.279. The fourth-order valence-electron chi connectivity index (χ4n) is 1.15. The van der Waals surface area contributed by atoms with E-state index in [1.54, 1.807) is 11.1 Å². The molecule has 0 unspecified atom stereocenters. The average molecular weight is 283 g/mol. The van der Waals surface area contributed by atoms with Crippen LogP contribution >= 0.6 is 23.2 Å². The zero-order valence-corrected chi connectivity index (χ0v) is 10.4. The van der Waals surface area contributed by atoms with Gasteiger partial charge in [-0.2, -0.15) is 0 Å². The summed E-state index contributed by atoms with van der Waals surface area (Å²) in [6.45, 7) is 6.50. The summed E-state index contributed by atoms with van der Waals surface area (Å²) in [6.07, 6.45) is 1.90. The van der Waals surface area contributed by atoms with Gasteiger partial charge in [-0.05, 0) is 0 Å². The first-order valence-electron chi connectivity index (χ1n) is 3.89. The number of nitrogens with zero attached hydrogens (tertiary/aromatic N) is 1. The van der Waals surface area contributed by atoms with Gasteiger partial charge in [-0.15, -0.1) is 0 Å². The van der Waals surface area contributed by atoms with Gasteiger partial charge in [0.1, 0.15) is 0 Å². The Morgan fingerprint density at radius 3 is 2.23 bits per heavy atom. The fraction of sp³-hybridized carbons (Fsp3) is 0.333. The molecule has 0 aromatic carbocycles. The maximum absolute atomic E-state index is 5.70. The summed E-state index contributed by atoms with van der Waals surface area (Å²) < 4.78 is 2.54. The van der Waals surface area contributed by atoms with Crippen molar-refractivity contribution in [2.45, 2.75) is 0 Å². The molecule has 0 aliphatic carbocycles. The molecular formula is C9H11Cl2NSe. The van der Waals surface area contributed by atoms with Gasteiger partial charge in [0.2, 0.25) is 0 Å². The number of hydrogen-bond donors (Lipinski definition) is 0. The molecule has 0 N–H and O–H groups in total. The van der Waals surface area contributed by atoms with Gasteiger partial charge in [0, 0.05) is 0 Å². The van der Waals surface area contributed by atoms with E-state index in [1.165, 1.54) is 8.94 Å². The van der Waals surface area contributed by atoms with E-state index in [1.807, 2.05) is 6.08 Å². The van der Waals surface area contributed by atoms with Crippen molar-refractivity contribution in [1.82, 2.24) is 4.90 Å². The van der Waals surface area contributed by atoms with Crippen molar-refractivity contribution >= 4 is 38.2 Å². The molecule has 0 aromatic heterocycles. The summed E-state index contributed by atoms with van der Waals surface area (Å²) in [7, 11) is 0. The van der Waals surface area contributed by atoms with Crippen LogP contribution in [0.4, 0.5) is 0 Å². The molecule has 0 atom stereocenters. The van der Waals surface area contributed by atoms with E-state index in [9.17, 15) is 0 Å². The predicted molar refractivity (Wildman–Crippen MR) is 60.3 cm³/mol. The van der Waals surface area contributed by atoms with Crippen molar-refractivity contribution in [2.75, 3.05) is 19.6 Å². The number of halogens is 2. The Labute approximate surface area is 95.2 Å². The van der Waals surface area contributed by atoms with Crippen LogP contribution in [0.3, 0.4) is 0 Å². The third-order valence-corrected chi connectivity index (χ3v) is 4.90. The van der Waals surface area contributed by atoms with Gasteiger partial charge in [-0.25, -0.2) is 0 Å². The first kappa shape index (κ1) is 11.4. The van der Waals surface area contributed by atoms with Crippen LogP contribution in [-0.4, -0.2) is 39.5 Å². The second-order valence-corrected chi connectivity index (χ2v) is 5.78. The Balaban J connectivity index is 2.65. The van der Waals surface area contributed by atoms with Gasteiger partial charge in [-0.1, -0.05) is 0 Å². The molecule has 0 bridgehead atoms. The van der Waals surface area contributed by atoms with Crippen LogP contribution in [0.15, 0.2) is 32.7 Å². The topological polar surface area (TPSA) is 3.24 Å². The molecular weight excluding hydrogens is 272 g/mol. The first-order chi connectivity index (χ1) is 6.30. The van der Waals surface area contributed by atoms with Gasteiger partial charge in [0.25, 0.3) is 0 Å². The van der Waals surface area contributed by atoms with Crippen molar-refractivity contribution < 1.29 is 0 Å². The third kappa shape index (κ3) is 3.49. The van der Waals surface area contributed by atoms with E-state index in [-0.39, 0.29) is 0 Å². The molecule has 1 nitrogen and oxygen atoms in total. The zero-order chi connectivity index (χ0) is 9.68. The third-order valence-electron chi connectivity index (χ3n) is 1.65. The maximum atomic E-state index is 5.70. The molecule has 0 radical (unpaired) electrons. The van der Waals surface area contributed by atoms with E-state index in [4.69, 9.17) is 23.2 Å². The SMILES string of the molecule is C=CCN1C/C(=C\Cl)[Se]/C(=C/Cl)C1. The summed E-state index contributed by atoms with van der Waals surface area (Å²) in [5.74, 6) is 0. The van der Waals surface area contributed by atoms with Crippen LogP contribution in [0.2, 0.25) is 0 Å². The monoisotopic (exact) mass is 283 g/mol. The van der Waals surface area contributed by atoms with Crippen LogP contribution in [0.1, 0.15) is 0 Å². The van der Waals surface area contributed by atoms with Gasteiger partial charge < -0.3 is 0 Å². The molecule has 0 amide bonds. The molecule has 0 aromatic rings. The van der Waals surface area contributed by atoms with Crippen LogP contribution in [0, 0.1) is 0 Å². The average Bonchev–Trinajstić information content (AvgIpc) is 2.17. The van der Waals surface area contributed by atoms with E-state index < -0.39 is 0 Å². The second-order valence-electron chi connectivity index (χ2n) is 2.71. The van der Waals surface area contributed by atoms with Crippen molar-refractivity contribution in [3.63, 3.8) is 0 Å². The molecule has 0 saturated carbocycles. The Bertz CT molecular complexity index is 228. The van der Waals surface area contributed by atoms with Gasteiger partial charge >= 0.3 is 95.4 Å². The molecule has 1 aliphatic heterocycles. The van der Waals surface area contributed by atoms with Gasteiger partial charge in [0.15, 0.2) is 0 Å². The second kappa shape index (κ2) is 5.89. The molecule has 1 saturated heterocycles. The molecule has 1 aliphatic rings. The molecule has 72 valence electrons. The summed E-state index contributed by atoms with van der Waals surface area (Å²) in [6, 6.07) is 0. The van der Waals surface area contributed by atoms with Crippen LogP contribution in [0.5, 0.6) is 0 Å². The van der Waals surface area contributed by atoms with Crippen LogP contribution < -0.4 is 0 Å². The minimum atomic E-state index is 0.348. The van der Waals surface area contributed by atoms with E-state index >= 15 is 0 Å². The Kier molecular flexibility index (Phi) is 5.15. The number of rotatable bonds is 2.